The molecule has 0 aromatic heterocycles. The van der Waals surface area contributed by atoms with E-state index in [0.717, 1.165) is 6.08 Å². The van der Waals surface area contributed by atoms with E-state index in [0.29, 0.717) is 33.0 Å². The zero-order chi connectivity index (χ0) is 12.9. The van der Waals surface area contributed by atoms with Crippen molar-refractivity contribution in [2.45, 2.75) is 20.0 Å². The van der Waals surface area contributed by atoms with Crippen molar-refractivity contribution in [3.8, 4) is 0 Å². The maximum absolute atomic E-state index is 10.6. The van der Waals surface area contributed by atoms with Crippen LogP contribution in [-0.4, -0.2) is 51.7 Å². The predicted octanol–water partition coefficient (Wildman–Crippen LogP) is 1.17. The molecule has 0 radical (unpaired) electrons. The minimum absolute atomic E-state index is 0.231. The number of rotatable bonds is 11. The molecule has 0 spiro atoms. The van der Waals surface area contributed by atoms with Crippen molar-refractivity contribution in [2.24, 2.45) is 0 Å². The van der Waals surface area contributed by atoms with E-state index >= 15 is 0 Å². The van der Waals surface area contributed by atoms with Gasteiger partial charge in [-0.25, -0.2) is 4.79 Å². The third-order valence-electron chi connectivity index (χ3n) is 1.69. The average Bonchev–Trinajstić information content (AvgIpc) is 2.30. The lowest BCUT2D eigenvalue weighted by molar-refractivity contribution is -0.139. The first-order valence-electron chi connectivity index (χ1n) is 5.73. The molecule has 0 fully saturated rings. The molecule has 0 rings (SSSR count). The number of hydrogen-bond donors (Lipinski definition) is 0. The van der Waals surface area contributed by atoms with Gasteiger partial charge in [-0.05, 0) is 13.8 Å². The van der Waals surface area contributed by atoms with E-state index in [1.54, 1.807) is 0 Å². The molecule has 0 aromatic rings. The number of esters is 1. The molecule has 0 saturated carbocycles. The van der Waals surface area contributed by atoms with Gasteiger partial charge in [-0.1, -0.05) is 6.58 Å². The molecule has 0 bridgehead atoms. The Hall–Kier alpha value is -0.910. The largest absolute Gasteiger partial charge is 0.460 e. The minimum atomic E-state index is -0.435. The first kappa shape index (κ1) is 16.1. The molecule has 0 unspecified atom stereocenters. The van der Waals surface area contributed by atoms with E-state index in [1.807, 2.05) is 13.8 Å². The summed E-state index contributed by atoms with van der Waals surface area (Å²) in [5.41, 5.74) is 0. The van der Waals surface area contributed by atoms with E-state index in [1.165, 1.54) is 0 Å². The standard InChI is InChI=1S/C12H22O5/c1-4-12(13)17-10-8-15-6-5-14-7-9-16-11(2)3/h4,11H,1,5-10H2,2-3H3. The van der Waals surface area contributed by atoms with Gasteiger partial charge in [-0.15, -0.1) is 0 Å². The lowest BCUT2D eigenvalue weighted by atomic mass is 10.5. The van der Waals surface area contributed by atoms with Crippen molar-refractivity contribution < 1.29 is 23.7 Å². The van der Waals surface area contributed by atoms with Crippen LogP contribution in [0.4, 0.5) is 0 Å². The van der Waals surface area contributed by atoms with Gasteiger partial charge in [0.2, 0.25) is 0 Å². The summed E-state index contributed by atoms with van der Waals surface area (Å²) in [6.45, 7) is 9.99. The van der Waals surface area contributed by atoms with E-state index in [4.69, 9.17) is 18.9 Å². The molecule has 5 nitrogen and oxygen atoms in total. The smallest absolute Gasteiger partial charge is 0.330 e. The number of carbonyl (C=O) groups is 1. The highest BCUT2D eigenvalue weighted by Crippen LogP contribution is 1.87. The van der Waals surface area contributed by atoms with Crippen LogP contribution in [0.15, 0.2) is 12.7 Å². The quantitative estimate of drug-likeness (QED) is 0.311. The second kappa shape index (κ2) is 11.6. The van der Waals surface area contributed by atoms with Crippen LogP contribution in [0.5, 0.6) is 0 Å². The Morgan fingerprint density at radius 1 is 1.06 bits per heavy atom. The molecular formula is C12H22O5. The van der Waals surface area contributed by atoms with Crippen molar-refractivity contribution >= 4 is 5.97 Å². The van der Waals surface area contributed by atoms with Gasteiger partial charge in [0.25, 0.3) is 0 Å². The summed E-state index contributed by atoms with van der Waals surface area (Å²) in [6, 6.07) is 0. The molecule has 5 heteroatoms. The molecule has 0 atom stereocenters. The maximum atomic E-state index is 10.6. The number of ether oxygens (including phenoxy) is 4. The van der Waals surface area contributed by atoms with E-state index in [9.17, 15) is 4.79 Å². The van der Waals surface area contributed by atoms with Gasteiger partial charge in [0.05, 0.1) is 39.1 Å². The average molecular weight is 246 g/mol. The first-order chi connectivity index (χ1) is 8.16. The fourth-order valence-electron chi connectivity index (χ4n) is 0.925. The van der Waals surface area contributed by atoms with Gasteiger partial charge in [0.1, 0.15) is 6.61 Å². The molecule has 0 aliphatic rings. The second-order valence-electron chi connectivity index (χ2n) is 3.52. The Bertz CT molecular complexity index is 203. The van der Waals surface area contributed by atoms with Crippen LogP contribution >= 0.6 is 0 Å². The molecule has 0 aromatic carbocycles. The Labute approximate surface area is 103 Å². The normalized spacial score (nSPS) is 10.5. The molecule has 0 saturated heterocycles. The van der Waals surface area contributed by atoms with Crippen molar-refractivity contribution in [2.75, 3.05) is 39.6 Å². The second-order valence-corrected chi connectivity index (χ2v) is 3.52. The van der Waals surface area contributed by atoms with Gasteiger partial charge in [0, 0.05) is 6.08 Å². The summed E-state index contributed by atoms with van der Waals surface area (Å²) in [4.78, 5) is 10.6. The number of hydrogen-bond acceptors (Lipinski definition) is 5. The molecule has 0 aliphatic heterocycles. The minimum Gasteiger partial charge on any atom is -0.460 e. The fraction of sp³-hybridized carbons (Fsp3) is 0.750. The van der Waals surface area contributed by atoms with E-state index in [2.05, 4.69) is 6.58 Å². The van der Waals surface area contributed by atoms with Gasteiger partial charge in [-0.3, -0.25) is 0 Å². The van der Waals surface area contributed by atoms with Crippen LogP contribution < -0.4 is 0 Å². The third-order valence-corrected chi connectivity index (χ3v) is 1.69. The van der Waals surface area contributed by atoms with Gasteiger partial charge < -0.3 is 18.9 Å². The van der Waals surface area contributed by atoms with Crippen LogP contribution in [0.25, 0.3) is 0 Å². The highest BCUT2D eigenvalue weighted by atomic mass is 16.6. The summed E-state index contributed by atoms with van der Waals surface area (Å²) in [7, 11) is 0. The van der Waals surface area contributed by atoms with Crippen LogP contribution in [0, 0.1) is 0 Å². The molecule has 0 amide bonds. The zero-order valence-electron chi connectivity index (χ0n) is 10.6. The van der Waals surface area contributed by atoms with E-state index < -0.39 is 5.97 Å². The molecule has 17 heavy (non-hydrogen) atoms. The molecule has 0 heterocycles. The third kappa shape index (κ3) is 13.0. The van der Waals surface area contributed by atoms with Gasteiger partial charge >= 0.3 is 5.97 Å². The summed E-state index contributed by atoms with van der Waals surface area (Å²) in [6.07, 6.45) is 1.35. The fourth-order valence-corrected chi connectivity index (χ4v) is 0.925. The lowest BCUT2D eigenvalue weighted by Crippen LogP contribution is -2.14. The van der Waals surface area contributed by atoms with Crippen molar-refractivity contribution in [3.63, 3.8) is 0 Å². The van der Waals surface area contributed by atoms with Crippen molar-refractivity contribution in [3.05, 3.63) is 12.7 Å². The Morgan fingerprint density at radius 3 is 2.12 bits per heavy atom. The van der Waals surface area contributed by atoms with Crippen LogP contribution in [0.1, 0.15) is 13.8 Å². The monoisotopic (exact) mass is 246 g/mol. The van der Waals surface area contributed by atoms with Gasteiger partial charge in [-0.2, -0.15) is 0 Å². The Morgan fingerprint density at radius 2 is 1.59 bits per heavy atom. The SMILES string of the molecule is C=CC(=O)OCCOCCOCCOC(C)C. The van der Waals surface area contributed by atoms with Crippen LogP contribution in [0.2, 0.25) is 0 Å². The number of carbonyl (C=O) groups excluding carboxylic acids is 1. The topological polar surface area (TPSA) is 54.0 Å². The molecule has 0 aliphatic carbocycles. The molecule has 100 valence electrons. The van der Waals surface area contributed by atoms with Crippen molar-refractivity contribution in [1.29, 1.82) is 0 Å². The molecule has 0 N–H and O–H groups in total. The highest BCUT2D eigenvalue weighted by Gasteiger charge is 1.96. The summed E-state index contributed by atoms with van der Waals surface area (Å²) < 4.78 is 20.5. The lowest BCUT2D eigenvalue weighted by Gasteiger charge is -2.08. The summed E-state index contributed by atoms with van der Waals surface area (Å²) >= 11 is 0. The molecular weight excluding hydrogens is 224 g/mol. The maximum Gasteiger partial charge on any atom is 0.330 e. The van der Waals surface area contributed by atoms with Crippen molar-refractivity contribution in [1.82, 2.24) is 0 Å². The van der Waals surface area contributed by atoms with E-state index in [-0.39, 0.29) is 12.7 Å². The zero-order valence-corrected chi connectivity index (χ0v) is 10.6. The highest BCUT2D eigenvalue weighted by molar-refractivity contribution is 5.81. The predicted molar refractivity (Wildman–Crippen MR) is 63.9 cm³/mol. The Balaban J connectivity index is 3.03. The van der Waals surface area contributed by atoms with Crippen LogP contribution in [0.3, 0.4) is 0 Å². The summed E-state index contributed by atoms with van der Waals surface area (Å²) in [5, 5.41) is 0. The van der Waals surface area contributed by atoms with Crippen LogP contribution in [-0.2, 0) is 23.7 Å². The first-order valence-corrected chi connectivity index (χ1v) is 5.73. The van der Waals surface area contributed by atoms with Gasteiger partial charge in [0.15, 0.2) is 0 Å². The Kier molecular flexibility index (Phi) is 11.0. The summed E-state index contributed by atoms with van der Waals surface area (Å²) in [5.74, 6) is -0.435.